The van der Waals surface area contributed by atoms with Crippen LogP contribution < -0.4 is 0 Å². The van der Waals surface area contributed by atoms with Gasteiger partial charge in [-0.25, -0.2) is 0 Å². The lowest BCUT2D eigenvalue weighted by molar-refractivity contribution is 0.656. The Labute approximate surface area is 223 Å². The number of hydrogen-bond donors (Lipinski definition) is 0. The molecule has 0 saturated carbocycles. The third kappa shape index (κ3) is 85.2. The van der Waals surface area contributed by atoms with E-state index in [0.717, 1.165) is 0 Å². The Kier molecular flexibility index (Phi) is 76.0. The number of unbranched alkanes of at least 4 members (excludes halogenated alkanes) is 19. The summed E-state index contributed by atoms with van der Waals surface area (Å²) in [7, 11) is 0. The van der Waals surface area contributed by atoms with Crippen LogP contribution in [0.15, 0.2) is 0 Å². The molecule has 0 heteroatoms. The fourth-order valence-corrected chi connectivity index (χ4v) is 3.21. The number of hydrogen-bond acceptors (Lipinski definition) is 0. The van der Waals surface area contributed by atoms with Gasteiger partial charge in [0.1, 0.15) is 0 Å². The topological polar surface area (TPSA) is 0 Å². The van der Waals surface area contributed by atoms with Gasteiger partial charge in [0.2, 0.25) is 0 Å². The molecule has 0 fully saturated rings. The molecule has 0 saturated heterocycles. The summed E-state index contributed by atoms with van der Waals surface area (Å²) in [4.78, 5) is 0. The van der Waals surface area contributed by atoms with Gasteiger partial charge in [-0.2, -0.15) is 0 Å². The summed E-state index contributed by atoms with van der Waals surface area (Å²) >= 11 is 0. The minimum absolute atomic E-state index is 1.36. The van der Waals surface area contributed by atoms with Crippen molar-refractivity contribution >= 4 is 0 Å². The van der Waals surface area contributed by atoms with Gasteiger partial charge in [-0.3, -0.25) is 0 Å². The Bertz CT molecular complexity index is 160. The standard InChI is InChI=1S/4C7H16.C6H14/c4*1-3-5-7-6-4-2;1-3-5-6-4-2/h4*3-7H2,1-2H3;3-6H2,1-2H3. The molecule has 34 heavy (non-hydrogen) atoms. The van der Waals surface area contributed by atoms with Crippen LogP contribution in [0.1, 0.15) is 223 Å². The molecular weight excluding hydrogens is 408 g/mol. The molecule has 0 aromatic rings. The van der Waals surface area contributed by atoms with Gasteiger partial charge >= 0.3 is 0 Å². The average Bonchev–Trinajstić information content (AvgIpc) is 2.86. The second-order valence-electron chi connectivity index (χ2n) is 9.95. The van der Waals surface area contributed by atoms with E-state index in [1.165, 1.54) is 154 Å². The van der Waals surface area contributed by atoms with Gasteiger partial charge in [-0.05, 0) is 0 Å². The maximum Gasteiger partial charge on any atom is -0.0533 e. The molecule has 0 aromatic carbocycles. The quantitative estimate of drug-likeness (QED) is 0.159. The summed E-state index contributed by atoms with van der Waals surface area (Å²) in [5, 5.41) is 0. The van der Waals surface area contributed by atoms with Crippen molar-refractivity contribution in [2.24, 2.45) is 0 Å². The Morgan fingerprint density at radius 3 is 0.324 bits per heavy atom. The summed E-state index contributed by atoms with van der Waals surface area (Å²) in [5.74, 6) is 0. The zero-order valence-corrected chi connectivity index (χ0v) is 27.0. The van der Waals surface area contributed by atoms with Crippen LogP contribution >= 0.6 is 0 Å². The molecule has 0 N–H and O–H groups in total. The van der Waals surface area contributed by atoms with E-state index >= 15 is 0 Å². The van der Waals surface area contributed by atoms with Crippen molar-refractivity contribution in [1.82, 2.24) is 0 Å². The highest BCUT2D eigenvalue weighted by molar-refractivity contribution is 4.38. The highest BCUT2D eigenvalue weighted by Gasteiger charge is 1.82. The van der Waals surface area contributed by atoms with Crippen molar-refractivity contribution in [2.75, 3.05) is 0 Å². The number of rotatable bonds is 19. The van der Waals surface area contributed by atoms with Crippen LogP contribution in [0.4, 0.5) is 0 Å². The van der Waals surface area contributed by atoms with Gasteiger partial charge in [0.05, 0.1) is 0 Å². The Balaban J connectivity index is -0.000000103. The van der Waals surface area contributed by atoms with Crippen LogP contribution in [0.5, 0.6) is 0 Å². The molecule has 0 rings (SSSR count). The van der Waals surface area contributed by atoms with Crippen molar-refractivity contribution in [2.45, 2.75) is 223 Å². The zero-order valence-electron chi connectivity index (χ0n) is 27.0. The van der Waals surface area contributed by atoms with Crippen molar-refractivity contribution in [1.29, 1.82) is 0 Å². The van der Waals surface area contributed by atoms with Gasteiger partial charge in [0, 0.05) is 0 Å². The molecule has 0 atom stereocenters. The van der Waals surface area contributed by atoms with Crippen LogP contribution in [0.3, 0.4) is 0 Å². The van der Waals surface area contributed by atoms with E-state index < -0.39 is 0 Å². The molecule has 0 aromatic heterocycles. The van der Waals surface area contributed by atoms with Crippen LogP contribution in [-0.2, 0) is 0 Å². The van der Waals surface area contributed by atoms with Crippen molar-refractivity contribution in [3.05, 3.63) is 0 Å². The fourth-order valence-electron chi connectivity index (χ4n) is 3.21. The van der Waals surface area contributed by atoms with Crippen LogP contribution in [-0.4, -0.2) is 0 Å². The van der Waals surface area contributed by atoms with Gasteiger partial charge in [0.15, 0.2) is 0 Å². The summed E-state index contributed by atoms with van der Waals surface area (Å²) in [6, 6.07) is 0. The molecule has 0 radical (unpaired) electrons. The molecule has 0 bridgehead atoms. The Morgan fingerprint density at radius 2 is 0.235 bits per heavy atom. The molecule has 0 aliphatic heterocycles. The highest BCUT2D eigenvalue weighted by Crippen LogP contribution is 2.02. The zero-order chi connectivity index (χ0) is 27.0. The predicted octanol–water partition coefficient (Wildman–Crippen LogP) is 14.5. The lowest BCUT2D eigenvalue weighted by Crippen LogP contribution is -1.70. The molecule has 0 amide bonds. The van der Waals surface area contributed by atoms with E-state index in [2.05, 4.69) is 69.2 Å². The third-order valence-corrected chi connectivity index (χ3v) is 5.79. The average molecular weight is 487 g/mol. The van der Waals surface area contributed by atoms with E-state index in [1.807, 2.05) is 0 Å². The van der Waals surface area contributed by atoms with Crippen molar-refractivity contribution in [3.8, 4) is 0 Å². The smallest absolute Gasteiger partial charge is 0.0533 e. The molecule has 0 heterocycles. The maximum atomic E-state index is 2.25. The minimum atomic E-state index is 1.36. The van der Waals surface area contributed by atoms with Crippen molar-refractivity contribution in [3.63, 3.8) is 0 Å². The molecule has 0 unspecified atom stereocenters. The van der Waals surface area contributed by atoms with E-state index in [9.17, 15) is 0 Å². The molecule has 214 valence electrons. The normalized spacial score (nSPS) is 9.35. The molecular formula is C34H78. The minimum Gasteiger partial charge on any atom is -0.0654 e. The van der Waals surface area contributed by atoms with E-state index in [4.69, 9.17) is 0 Å². The van der Waals surface area contributed by atoms with Crippen LogP contribution in [0.25, 0.3) is 0 Å². The summed E-state index contributed by atoms with van der Waals surface area (Å²) < 4.78 is 0. The van der Waals surface area contributed by atoms with Crippen LogP contribution in [0.2, 0.25) is 0 Å². The monoisotopic (exact) mass is 487 g/mol. The van der Waals surface area contributed by atoms with Gasteiger partial charge in [-0.1, -0.05) is 223 Å². The Hall–Kier alpha value is 0. The third-order valence-electron chi connectivity index (χ3n) is 5.79. The SMILES string of the molecule is CCCCCC.CCCCCCC.CCCCCCC.CCCCCCC.CCCCCCC. The highest BCUT2D eigenvalue weighted by atomic mass is 13.9. The second kappa shape index (κ2) is 58.7. The lowest BCUT2D eigenvalue weighted by Gasteiger charge is -1.90. The first-order valence-electron chi connectivity index (χ1n) is 16.6. The van der Waals surface area contributed by atoms with Gasteiger partial charge in [0.25, 0.3) is 0 Å². The molecule has 0 aliphatic carbocycles. The summed E-state index contributed by atoms with van der Waals surface area (Å²) in [6.45, 7) is 22.4. The largest absolute Gasteiger partial charge is 0.0654 e. The van der Waals surface area contributed by atoms with Crippen LogP contribution in [0, 0.1) is 0 Å². The fraction of sp³-hybridized carbons (Fsp3) is 1.00. The second-order valence-corrected chi connectivity index (χ2v) is 9.95. The van der Waals surface area contributed by atoms with Crippen molar-refractivity contribution < 1.29 is 0 Å². The van der Waals surface area contributed by atoms with E-state index in [1.54, 1.807) is 0 Å². The Morgan fingerprint density at radius 1 is 0.147 bits per heavy atom. The van der Waals surface area contributed by atoms with Gasteiger partial charge < -0.3 is 0 Å². The van der Waals surface area contributed by atoms with Gasteiger partial charge in [-0.15, -0.1) is 0 Å². The molecule has 0 nitrogen and oxygen atoms in total. The first-order valence-corrected chi connectivity index (χ1v) is 16.6. The summed E-state index contributed by atoms with van der Waals surface area (Å²) in [6.07, 6.45) is 33.6. The van der Waals surface area contributed by atoms with E-state index in [0.29, 0.717) is 0 Å². The van der Waals surface area contributed by atoms with E-state index in [-0.39, 0.29) is 0 Å². The predicted molar refractivity (Wildman–Crippen MR) is 168 cm³/mol. The molecule has 0 spiro atoms. The molecule has 0 aliphatic rings. The first kappa shape index (κ1) is 44.0. The first-order chi connectivity index (χ1) is 16.6. The lowest BCUT2D eigenvalue weighted by atomic mass is 10.2. The maximum absolute atomic E-state index is 2.25. The summed E-state index contributed by atoms with van der Waals surface area (Å²) in [5.41, 5.74) is 0.